The highest BCUT2D eigenvalue weighted by Crippen LogP contribution is 1.86. The molecule has 13 heavy (non-hydrogen) atoms. The van der Waals surface area contributed by atoms with Crippen molar-refractivity contribution in [1.82, 2.24) is 4.98 Å². The van der Waals surface area contributed by atoms with E-state index in [2.05, 4.69) is 30.6 Å². The topological polar surface area (TPSA) is 15.8 Å². The Hall–Kier alpha value is -1.24. The van der Waals surface area contributed by atoms with Crippen molar-refractivity contribution in [3.05, 3.63) is 35.5 Å². The number of rotatable bonds is 1. The van der Waals surface area contributed by atoms with Crippen LogP contribution in [-0.4, -0.2) is 4.98 Å². The molecule has 0 saturated carbocycles. The third-order valence-corrected chi connectivity index (χ3v) is 1.80. The normalized spacial score (nSPS) is 13.1. The highest BCUT2D eigenvalue weighted by molar-refractivity contribution is 5.53. The fourth-order valence-electron chi connectivity index (χ4n) is 1.07. The van der Waals surface area contributed by atoms with E-state index in [-0.39, 0.29) is 0 Å². The number of allylic oxidation sites excluding steroid dienone is 1. The van der Waals surface area contributed by atoms with Gasteiger partial charge >= 0.3 is 0 Å². The predicted molar refractivity (Wildman–Crippen MR) is 60.8 cm³/mol. The molecule has 0 fully saturated rings. The highest BCUT2D eigenvalue weighted by Gasteiger charge is 1.86. The van der Waals surface area contributed by atoms with E-state index in [1.165, 1.54) is 16.1 Å². The van der Waals surface area contributed by atoms with Crippen LogP contribution in [0.1, 0.15) is 27.7 Å². The minimum absolute atomic E-state index is 1.17. The van der Waals surface area contributed by atoms with Gasteiger partial charge in [-0.15, -0.1) is 0 Å². The maximum absolute atomic E-state index is 3.73. The zero-order chi connectivity index (χ0) is 10.3. The smallest absolute Gasteiger partial charge is 0.0413 e. The van der Waals surface area contributed by atoms with Crippen LogP contribution in [0.25, 0.3) is 11.6 Å². The first kappa shape index (κ1) is 11.8. The van der Waals surface area contributed by atoms with Gasteiger partial charge in [0.1, 0.15) is 0 Å². The number of hydrogen-bond donors (Lipinski definition) is 1. The summed E-state index contributed by atoms with van der Waals surface area (Å²) in [6.07, 6.45) is 5.87. The van der Waals surface area contributed by atoms with Crippen LogP contribution in [0.4, 0.5) is 0 Å². The van der Waals surface area contributed by atoms with Crippen LogP contribution in [0.5, 0.6) is 0 Å². The minimum Gasteiger partial charge on any atom is -0.361 e. The van der Waals surface area contributed by atoms with Crippen molar-refractivity contribution < 1.29 is 0 Å². The molecule has 1 N–H and O–H groups in total. The number of H-pyrrole nitrogens is 1. The number of nitrogens with one attached hydrogen (secondary N) is 1. The first-order valence-electron chi connectivity index (χ1n) is 4.72. The summed E-state index contributed by atoms with van der Waals surface area (Å²) in [5, 5.41) is 2.41. The summed E-state index contributed by atoms with van der Waals surface area (Å²) >= 11 is 0. The summed E-state index contributed by atoms with van der Waals surface area (Å²) in [6.45, 7) is 11.8. The molecule has 0 aliphatic rings. The van der Waals surface area contributed by atoms with Gasteiger partial charge < -0.3 is 4.98 Å². The van der Waals surface area contributed by atoms with Gasteiger partial charge in [-0.25, -0.2) is 0 Å². The van der Waals surface area contributed by atoms with Crippen molar-refractivity contribution in [2.24, 2.45) is 0 Å². The lowest BCUT2D eigenvalue weighted by atomic mass is 10.2. The summed E-state index contributed by atoms with van der Waals surface area (Å²) in [7, 11) is 0. The van der Waals surface area contributed by atoms with Gasteiger partial charge in [0.25, 0.3) is 0 Å². The van der Waals surface area contributed by atoms with Crippen LogP contribution < -0.4 is 10.6 Å². The van der Waals surface area contributed by atoms with E-state index in [1.807, 2.05) is 33.0 Å². The molecule has 1 nitrogen and oxygen atoms in total. The summed E-state index contributed by atoms with van der Waals surface area (Å²) in [5.74, 6) is 0. The van der Waals surface area contributed by atoms with Gasteiger partial charge in [-0.1, -0.05) is 32.6 Å². The van der Waals surface area contributed by atoms with E-state index < -0.39 is 0 Å². The maximum atomic E-state index is 3.73. The van der Waals surface area contributed by atoms with Gasteiger partial charge in [0.05, 0.1) is 0 Å². The lowest BCUT2D eigenvalue weighted by Gasteiger charge is -1.85. The Morgan fingerprint density at radius 2 is 2.08 bits per heavy atom. The monoisotopic (exact) mass is 177 g/mol. The first-order valence-corrected chi connectivity index (χ1v) is 4.72. The van der Waals surface area contributed by atoms with Gasteiger partial charge in [-0.3, -0.25) is 0 Å². The first-order chi connectivity index (χ1) is 6.29. The molecule has 0 aliphatic carbocycles. The number of aromatic amines is 1. The quantitative estimate of drug-likeness (QED) is 0.677. The molecule has 0 unspecified atom stereocenters. The second-order valence-corrected chi connectivity index (χ2v) is 2.48. The van der Waals surface area contributed by atoms with Crippen LogP contribution in [0.3, 0.4) is 0 Å². The van der Waals surface area contributed by atoms with Crippen molar-refractivity contribution in [2.45, 2.75) is 27.7 Å². The van der Waals surface area contributed by atoms with E-state index in [1.54, 1.807) is 0 Å². The molecular formula is C12H19N. The van der Waals surface area contributed by atoms with Crippen LogP contribution in [0.15, 0.2) is 24.9 Å². The third-order valence-electron chi connectivity index (χ3n) is 1.80. The molecule has 0 aromatic carbocycles. The molecule has 72 valence electrons. The predicted octanol–water partition coefficient (Wildman–Crippen LogP) is 2.20. The second-order valence-electron chi connectivity index (χ2n) is 2.48. The summed E-state index contributed by atoms with van der Waals surface area (Å²) in [5.41, 5.74) is 1.21. The Balaban J connectivity index is 0.000000671. The second kappa shape index (κ2) is 6.30. The molecule has 0 radical (unpaired) electrons. The van der Waals surface area contributed by atoms with Crippen molar-refractivity contribution in [3.8, 4) is 0 Å². The Kier molecular flexibility index (Phi) is 5.69. The van der Waals surface area contributed by atoms with Gasteiger partial charge in [-0.2, -0.15) is 0 Å². The fraction of sp³-hybridized carbons (Fsp3) is 0.333. The summed E-state index contributed by atoms with van der Waals surface area (Å²) in [6, 6.07) is 2.06. The standard InChI is InChI=1S/C10H13N.C2H6/c1-4-8(3)9-6-7-11-10(9)5-2;1-2/h4-7,11H,1H2,2-3H3;1-2H3/b9-8-,10-5+;. The van der Waals surface area contributed by atoms with E-state index in [9.17, 15) is 0 Å². The number of hydrogen-bond acceptors (Lipinski definition) is 0. The fourth-order valence-corrected chi connectivity index (χ4v) is 1.07. The SMILES string of the molecule is C=C/C(C)=c1/cc[nH]/c1=C/C.CC. The molecule has 1 heterocycles. The Labute approximate surface area is 80.5 Å². The van der Waals surface area contributed by atoms with E-state index in [0.29, 0.717) is 0 Å². The molecule has 0 amide bonds. The van der Waals surface area contributed by atoms with E-state index >= 15 is 0 Å². The molecule has 0 spiro atoms. The zero-order valence-electron chi connectivity index (χ0n) is 9.02. The molecule has 1 aromatic rings. The lowest BCUT2D eigenvalue weighted by molar-refractivity contribution is 1.30. The lowest BCUT2D eigenvalue weighted by Crippen LogP contribution is -2.23. The van der Waals surface area contributed by atoms with Crippen LogP contribution >= 0.6 is 0 Å². The van der Waals surface area contributed by atoms with Gasteiger partial charge in [-0.05, 0) is 25.5 Å². The molecule has 1 heteroatoms. The van der Waals surface area contributed by atoms with Crippen LogP contribution in [0, 0.1) is 0 Å². The van der Waals surface area contributed by atoms with Crippen molar-refractivity contribution in [2.75, 3.05) is 0 Å². The molecule has 1 rings (SSSR count). The maximum Gasteiger partial charge on any atom is 0.0413 e. The van der Waals surface area contributed by atoms with E-state index in [0.717, 1.165) is 0 Å². The van der Waals surface area contributed by atoms with Gasteiger partial charge in [0.2, 0.25) is 0 Å². The van der Waals surface area contributed by atoms with E-state index in [4.69, 9.17) is 0 Å². The molecule has 0 bridgehead atoms. The Morgan fingerprint density at radius 3 is 2.54 bits per heavy atom. The summed E-state index contributed by atoms with van der Waals surface area (Å²) in [4.78, 5) is 3.15. The molecule has 0 saturated heterocycles. The number of aromatic nitrogens is 1. The van der Waals surface area contributed by atoms with Gasteiger partial charge in [0, 0.05) is 16.8 Å². The third kappa shape index (κ3) is 2.94. The zero-order valence-corrected chi connectivity index (χ0v) is 9.02. The molecule has 0 atom stereocenters. The highest BCUT2D eigenvalue weighted by atomic mass is 14.6. The van der Waals surface area contributed by atoms with Crippen molar-refractivity contribution in [3.63, 3.8) is 0 Å². The molecule has 1 aromatic heterocycles. The molecular weight excluding hydrogens is 158 g/mol. The minimum atomic E-state index is 1.17. The largest absolute Gasteiger partial charge is 0.361 e. The van der Waals surface area contributed by atoms with Crippen LogP contribution in [0.2, 0.25) is 0 Å². The van der Waals surface area contributed by atoms with Gasteiger partial charge in [0.15, 0.2) is 0 Å². The van der Waals surface area contributed by atoms with Crippen LogP contribution in [-0.2, 0) is 0 Å². The Morgan fingerprint density at radius 1 is 1.46 bits per heavy atom. The van der Waals surface area contributed by atoms with Crippen molar-refractivity contribution >= 4 is 11.6 Å². The Bertz CT molecular complexity index is 355. The average Bonchev–Trinajstić information content (AvgIpc) is 2.67. The molecule has 0 aliphatic heterocycles. The van der Waals surface area contributed by atoms with Crippen molar-refractivity contribution in [1.29, 1.82) is 0 Å². The average molecular weight is 177 g/mol. The summed E-state index contributed by atoms with van der Waals surface area (Å²) < 4.78 is 0.